The fourth-order valence-corrected chi connectivity index (χ4v) is 2.91. The molecular weight excluding hydrogens is 318 g/mol. The first-order chi connectivity index (χ1) is 11.6. The summed E-state index contributed by atoms with van der Waals surface area (Å²) < 4.78 is 37.1. The predicted molar refractivity (Wildman–Crippen MR) is 83.9 cm³/mol. The number of carbonyl (C=O) groups is 1. The standard InChI is InChI=1S/C17H22F2N2O3/c18-12-3-4-15(14(19)9-12)24-8-6-20-17(22)21-13-5-7-23-16(10-13)11-1-2-11/h3-4,9,11,13,16H,1-2,5-8,10H2,(H2,20,21,22)/t13-,16-/m1/s1. The van der Waals surface area contributed by atoms with Crippen LogP contribution in [0.2, 0.25) is 0 Å². The molecule has 2 aliphatic rings. The zero-order chi connectivity index (χ0) is 16.9. The van der Waals surface area contributed by atoms with Crippen LogP contribution in [-0.2, 0) is 4.74 Å². The fraction of sp³-hybridized carbons (Fsp3) is 0.588. The van der Waals surface area contributed by atoms with Crippen molar-refractivity contribution in [3.63, 3.8) is 0 Å². The van der Waals surface area contributed by atoms with Crippen LogP contribution in [-0.4, -0.2) is 37.9 Å². The lowest BCUT2D eigenvalue weighted by Gasteiger charge is -2.30. The Bertz CT molecular complexity index is 581. The minimum atomic E-state index is -0.757. The minimum absolute atomic E-state index is 0.0321. The van der Waals surface area contributed by atoms with Crippen molar-refractivity contribution in [1.82, 2.24) is 10.6 Å². The Morgan fingerprint density at radius 3 is 2.88 bits per heavy atom. The second-order valence-electron chi connectivity index (χ2n) is 6.29. The van der Waals surface area contributed by atoms with Crippen molar-refractivity contribution in [1.29, 1.82) is 0 Å². The molecule has 132 valence electrons. The second kappa shape index (κ2) is 7.79. The summed E-state index contributed by atoms with van der Waals surface area (Å²) in [5, 5.41) is 5.62. The number of benzene rings is 1. The predicted octanol–water partition coefficient (Wildman–Crippen LogP) is 2.60. The zero-order valence-electron chi connectivity index (χ0n) is 13.4. The van der Waals surface area contributed by atoms with Gasteiger partial charge >= 0.3 is 6.03 Å². The Balaban J connectivity index is 1.33. The van der Waals surface area contributed by atoms with Crippen LogP contribution in [0.5, 0.6) is 5.75 Å². The van der Waals surface area contributed by atoms with E-state index in [2.05, 4.69) is 10.6 Å². The molecule has 1 heterocycles. The Labute approximate surface area is 139 Å². The molecule has 1 aliphatic heterocycles. The molecule has 0 radical (unpaired) electrons. The third kappa shape index (κ3) is 4.80. The van der Waals surface area contributed by atoms with Crippen LogP contribution >= 0.6 is 0 Å². The summed E-state index contributed by atoms with van der Waals surface area (Å²) in [6.07, 6.45) is 4.39. The van der Waals surface area contributed by atoms with Crippen molar-refractivity contribution in [2.45, 2.75) is 37.8 Å². The van der Waals surface area contributed by atoms with E-state index in [-0.39, 0.29) is 37.1 Å². The summed E-state index contributed by atoms with van der Waals surface area (Å²) in [4.78, 5) is 11.9. The lowest BCUT2D eigenvalue weighted by atomic mass is 10.0. The summed E-state index contributed by atoms with van der Waals surface area (Å²) in [6, 6.07) is 2.97. The number of urea groups is 1. The highest BCUT2D eigenvalue weighted by atomic mass is 19.1. The number of nitrogens with one attached hydrogen (secondary N) is 2. The lowest BCUT2D eigenvalue weighted by Crippen LogP contribution is -2.47. The highest BCUT2D eigenvalue weighted by Crippen LogP contribution is 2.38. The van der Waals surface area contributed by atoms with Gasteiger partial charge in [0.2, 0.25) is 0 Å². The molecule has 1 aromatic carbocycles. The molecule has 0 bridgehead atoms. The second-order valence-corrected chi connectivity index (χ2v) is 6.29. The topological polar surface area (TPSA) is 59.6 Å². The first kappa shape index (κ1) is 17.0. The third-order valence-corrected chi connectivity index (χ3v) is 4.34. The van der Waals surface area contributed by atoms with E-state index in [4.69, 9.17) is 9.47 Å². The van der Waals surface area contributed by atoms with E-state index < -0.39 is 11.6 Å². The van der Waals surface area contributed by atoms with E-state index in [1.807, 2.05) is 0 Å². The maximum absolute atomic E-state index is 13.4. The van der Waals surface area contributed by atoms with Crippen molar-refractivity contribution in [3.8, 4) is 5.75 Å². The van der Waals surface area contributed by atoms with E-state index in [1.54, 1.807) is 0 Å². The van der Waals surface area contributed by atoms with E-state index in [0.717, 1.165) is 25.0 Å². The number of amides is 2. The molecule has 2 fully saturated rings. The third-order valence-electron chi connectivity index (χ3n) is 4.34. The number of hydrogen-bond acceptors (Lipinski definition) is 3. The van der Waals surface area contributed by atoms with Gasteiger partial charge in [-0.15, -0.1) is 0 Å². The lowest BCUT2D eigenvalue weighted by molar-refractivity contribution is -0.00914. The molecule has 0 aromatic heterocycles. The smallest absolute Gasteiger partial charge is 0.315 e. The molecule has 1 saturated heterocycles. The first-order valence-corrected chi connectivity index (χ1v) is 8.35. The number of hydrogen-bond donors (Lipinski definition) is 2. The van der Waals surface area contributed by atoms with Crippen LogP contribution in [0.25, 0.3) is 0 Å². The number of halogens is 2. The van der Waals surface area contributed by atoms with Crippen LogP contribution in [0.4, 0.5) is 13.6 Å². The first-order valence-electron chi connectivity index (χ1n) is 8.35. The minimum Gasteiger partial charge on any atom is -0.489 e. The maximum Gasteiger partial charge on any atom is 0.315 e. The molecule has 2 amide bonds. The number of carbonyl (C=O) groups excluding carboxylic acids is 1. The molecule has 5 nitrogen and oxygen atoms in total. The molecule has 1 saturated carbocycles. The zero-order valence-corrected chi connectivity index (χ0v) is 13.4. The van der Waals surface area contributed by atoms with E-state index in [9.17, 15) is 13.6 Å². The van der Waals surface area contributed by atoms with Crippen molar-refractivity contribution >= 4 is 6.03 Å². The van der Waals surface area contributed by atoms with Gasteiger partial charge in [-0.1, -0.05) is 0 Å². The van der Waals surface area contributed by atoms with E-state index in [0.29, 0.717) is 12.5 Å². The average molecular weight is 340 g/mol. The Morgan fingerprint density at radius 1 is 1.29 bits per heavy atom. The van der Waals surface area contributed by atoms with Crippen molar-refractivity contribution in [2.24, 2.45) is 5.92 Å². The van der Waals surface area contributed by atoms with E-state index in [1.165, 1.54) is 18.9 Å². The van der Waals surface area contributed by atoms with Gasteiger partial charge in [-0.2, -0.15) is 0 Å². The molecule has 2 N–H and O–H groups in total. The van der Waals surface area contributed by atoms with Crippen LogP contribution in [0, 0.1) is 17.6 Å². The Kier molecular flexibility index (Phi) is 5.50. The highest BCUT2D eigenvalue weighted by Gasteiger charge is 2.36. The van der Waals surface area contributed by atoms with Gasteiger partial charge < -0.3 is 20.1 Å². The van der Waals surface area contributed by atoms with Crippen molar-refractivity contribution < 1.29 is 23.0 Å². The molecule has 3 rings (SSSR count). The van der Waals surface area contributed by atoms with Gasteiger partial charge in [0.1, 0.15) is 12.4 Å². The van der Waals surface area contributed by atoms with Crippen molar-refractivity contribution in [2.75, 3.05) is 19.8 Å². The molecular formula is C17H22F2N2O3. The molecule has 0 spiro atoms. The van der Waals surface area contributed by atoms with Gasteiger partial charge in [-0.3, -0.25) is 0 Å². The summed E-state index contributed by atoms with van der Waals surface area (Å²) in [6.45, 7) is 1.02. The molecule has 0 unspecified atom stereocenters. The van der Waals surface area contributed by atoms with Crippen LogP contribution in [0.15, 0.2) is 18.2 Å². The van der Waals surface area contributed by atoms with E-state index >= 15 is 0 Å². The van der Waals surface area contributed by atoms with Crippen molar-refractivity contribution in [3.05, 3.63) is 29.8 Å². The molecule has 1 aliphatic carbocycles. The summed E-state index contributed by atoms with van der Waals surface area (Å²) in [5.74, 6) is -0.780. The van der Waals surface area contributed by atoms with Gasteiger partial charge in [-0.05, 0) is 43.7 Å². The quantitative estimate of drug-likeness (QED) is 0.783. The summed E-state index contributed by atoms with van der Waals surface area (Å²) in [5.41, 5.74) is 0. The summed E-state index contributed by atoms with van der Waals surface area (Å²) >= 11 is 0. The van der Waals surface area contributed by atoms with Crippen LogP contribution in [0.3, 0.4) is 0 Å². The van der Waals surface area contributed by atoms with Gasteiger partial charge in [0, 0.05) is 18.7 Å². The molecule has 24 heavy (non-hydrogen) atoms. The fourth-order valence-electron chi connectivity index (χ4n) is 2.91. The van der Waals surface area contributed by atoms with Gasteiger partial charge in [-0.25, -0.2) is 13.6 Å². The SMILES string of the molecule is O=C(NCCOc1ccc(F)cc1F)N[C@@H]1CCO[C@@H](C2CC2)C1. The van der Waals surface area contributed by atoms with Gasteiger partial charge in [0.05, 0.1) is 12.6 Å². The average Bonchev–Trinajstić information content (AvgIpc) is 3.38. The van der Waals surface area contributed by atoms with Crippen LogP contribution < -0.4 is 15.4 Å². The maximum atomic E-state index is 13.4. The van der Waals surface area contributed by atoms with Crippen LogP contribution in [0.1, 0.15) is 25.7 Å². The highest BCUT2D eigenvalue weighted by molar-refractivity contribution is 5.74. The molecule has 7 heteroatoms. The Hall–Kier alpha value is -1.89. The Morgan fingerprint density at radius 2 is 2.12 bits per heavy atom. The molecule has 1 aromatic rings. The number of rotatable bonds is 6. The number of ether oxygens (including phenoxy) is 2. The largest absolute Gasteiger partial charge is 0.489 e. The monoisotopic (exact) mass is 340 g/mol. The summed E-state index contributed by atoms with van der Waals surface area (Å²) in [7, 11) is 0. The normalized spacial score (nSPS) is 23.6. The van der Waals surface area contributed by atoms with Gasteiger partial charge in [0.15, 0.2) is 11.6 Å². The molecule has 2 atom stereocenters. The van der Waals surface area contributed by atoms with Gasteiger partial charge in [0.25, 0.3) is 0 Å².